The van der Waals surface area contributed by atoms with E-state index in [4.69, 9.17) is 0 Å². The summed E-state index contributed by atoms with van der Waals surface area (Å²) in [6.45, 7) is 0. The molecule has 0 saturated carbocycles. The van der Waals surface area contributed by atoms with Crippen molar-refractivity contribution >= 4 is 33.4 Å². The fourth-order valence-corrected chi connectivity index (χ4v) is 3.11. The summed E-state index contributed by atoms with van der Waals surface area (Å²) >= 11 is 0. The second-order valence-electron chi connectivity index (χ2n) is 6.08. The van der Waals surface area contributed by atoms with E-state index in [0.717, 1.165) is 22.0 Å². The third-order valence-electron chi connectivity index (χ3n) is 4.35. The van der Waals surface area contributed by atoms with Crippen molar-refractivity contribution in [2.24, 2.45) is 0 Å². The van der Waals surface area contributed by atoms with E-state index in [2.05, 4.69) is 31.3 Å². The van der Waals surface area contributed by atoms with E-state index >= 15 is 0 Å². The van der Waals surface area contributed by atoms with Crippen LogP contribution in [0.5, 0.6) is 0 Å². The molecule has 0 unspecified atom stereocenters. The van der Waals surface area contributed by atoms with E-state index in [1.807, 2.05) is 60.7 Å². The Morgan fingerprint density at radius 3 is 2.63 bits per heavy atom. The number of benzene rings is 3. The van der Waals surface area contributed by atoms with Gasteiger partial charge in [0, 0.05) is 5.69 Å². The number of imidazole rings is 1. The second kappa shape index (κ2) is 6.06. The fourth-order valence-electron chi connectivity index (χ4n) is 3.11. The van der Waals surface area contributed by atoms with E-state index in [1.54, 1.807) is 0 Å². The number of aromatic nitrogens is 5. The van der Waals surface area contributed by atoms with Gasteiger partial charge in [-0.3, -0.25) is 0 Å². The van der Waals surface area contributed by atoms with Gasteiger partial charge in [-0.2, -0.15) is 4.98 Å². The molecule has 7 nitrogen and oxygen atoms in total. The summed E-state index contributed by atoms with van der Waals surface area (Å²) in [5.74, 6) is 0.628. The largest absolute Gasteiger partial charge is 0.333 e. The average Bonchev–Trinajstić information content (AvgIpc) is 3.04. The van der Waals surface area contributed by atoms with Crippen molar-refractivity contribution in [3.63, 3.8) is 0 Å². The van der Waals surface area contributed by atoms with Gasteiger partial charge in [0.25, 0.3) is 0 Å². The number of rotatable bonds is 3. The number of nitrogens with one attached hydrogen (secondary N) is 2. The molecular formula is C20H14N6O. The molecule has 0 aliphatic rings. The number of para-hydroxylation sites is 2. The molecule has 7 heteroatoms. The Hall–Kier alpha value is -4.00. The van der Waals surface area contributed by atoms with Gasteiger partial charge in [-0.25, -0.2) is 19.3 Å². The minimum atomic E-state index is -0.293. The van der Waals surface area contributed by atoms with Gasteiger partial charge in [-0.1, -0.05) is 42.5 Å². The minimum absolute atomic E-state index is 0.260. The van der Waals surface area contributed by atoms with Crippen LogP contribution in [0.1, 0.15) is 0 Å². The third kappa shape index (κ3) is 2.71. The van der Waals surface area contributed by atoms with Crippen LogP contribution in [0.3, 0.4) is 0 Å². The molecule has 0 radical (unpaired) electrons. The SMILES string of the molecule is O=c1[nH]c2ccccc2n1-c1ncnc(Nc2ccc3ccccc3c2)n1. The summed E-state index contributed by atoms with van der Waals surface area (Å²) in [6.07, 6.45) is 1.39. The highest BCUT2D eigenvalue weighted by molar-refractivity contribution is 5.86. The smallest absolute Gasteiger partial charge is 0.324 e. The Morgan fingerprint density at radius 1 is 0.889 bits per heavy atom. The van der Waals surface area contributed by atoms with Crippen molar-refractivity contribution in [2.45, 2.75) is 0 Å². The quantitative estimate of drug-likeness (QED) is 0.518. The maximum atomic E-state index is 12.3. The summed E-state index contributed by atoms with van der Waals surface area (Å²) in [5.41, 5.74) is 2.01. The van der Waals surface area contributed by atoms with Crippen molar-refractivity contribution in [1.82, 2.24) is 24.5 Å². The standard InChI is InChI=1S/C20H14N6O/c27-20-24-16-7-3-4-8-17(16)26(20)19-22-12-21-18(25-19)23-15-10-9-13-5-1-2-6-14(13)11-15/h1-12H,(H,24,27)(H,21,22,23,25). The predicted octanol–water partition coefficient (Wildman–Crippen LogP) is 3.40. The first-order valence-corrected chi connectivity index (χ1v) is 8.43. The van der Waals surface area contributed by atoms with Crippen LogP contribution in [-0.4, -0.2) is 24.5 Å². The summed E-state index contributed by atoms with van der Waals surface area (Å²) in [5, 5.41) is 5.45. The molecule has 0 amide bonds. The molecule has 130 valence electrons. The molecule has 5 rings (SSSR count). The van der Waals surface area contributed by atoms with Crippen molar-refractivity contribution in [1.29, 1.82) is 0 Å². The van der Waals surface area contributed by atoms with Gasteiger partial charge in [0.2, 0.25) is 11.9 Å². The summed E-state index contributed by atoms with van der Waals surface area (Å²) < 4.78 is 1.43. The molecule has 0 aliphatic carbocycles. The van der Waals surface area contributed by atoms with E-state index < -0.39 is 0 Å². The van der Waals surface area contributed by atoms with Crippen molar-refractivity contribution in [2.75, 3.05) is 5.32 Å². The molecule has 0 atom stereocenters. The summed E-state index contributed by atoms with van der Waals surface area (Å²) in [7, 11) is 0. The minimum Gasteiger partial charge on any atom is -0.324 e. The van der Waals surface area contributed by atoms with Crippen LogP contribution >= 0.6 is 0 Å². The Balaban J connectivity index is 1.55. The highest BCUT2D eigenvalue weighted by Crippen LogP contribution is 2.21. The van der Waals surface area contributed by atoms with Crippen LogP contribution in [0.25, 0.3) is 27.8 Å². The number of aromatic amines is 1. The fraction of sp³-hybridized carbons (Fsp3) is 0. The van der Waals surface area contributed by atoms with Crippen molar-refractivity contribution < 1.29 is 0 Å². The molecule has 27 heavy (non-hydrogen) atoms. The first-order valence-electron chi connectivity index (χ1n) is 8.43. The number of nitrogens with zero attached hydrogens (tertiary/aromatic N) is 4. The molecule has 2 aromatic heterocycles. The van der Waals surface area contributed by atoms with Crippen LogP contribution in [0.4, 0.5) is 11.6 Å². The third-order valence-corrected chi connectivity index (χ3v) is 4.35. The van der Waals surface area contributed by atoms with Crippen molar-refractivity contribution in [3.8, 4) is 5.95 Å². The predicted molar refractivity (Wildman–Crippen MR) is 105 cm³/mol. The highest BCUT2D eigenvalue weighted by Gasteiger charge is 2.11. The topological polar surface area (TPSA) is 88.5 Å². The van der Waals surface area contributed by atoms with E-state index in [9.17, 15) is 4.79 Å². The van der Waals surface area contributed by atoms with Crippen LogP contribution in [-0.2, 0) is 0 Å². The first kappa shape index (κ1) is 15.3. The summed E-state index contributed by atoms with van der Waals surface area (Å²) in [4.78, 5) is 27.9. The molecule has 5 aromatic rings. The summed E-state index contributed by atoms with van der Waals surface area (Å²) in [6, 6.07) is 21.5. The van der Waals surface area contributed by atoms with Gasteiger partial charge in [0.15, 0.2) is 0 Å². The van der Waals surface area contributed by atoms with E-state index in [-0.39, 0.29) is 11.6 Å². The van der Waals surface area contributed by atoms with Crippen molar-refractivity contribution in [3.05, 3.63) is 83.5 Å². The van der Waals surface area contributed by atoms with E-state index in [0.29, 0.717) is 11.5 Å². The molecular weight excluding hydrogens is 340 g/mol. The average molecular weight is 354 g/mol. The van der Waals surface area contributed by atoms with Gasteiger partial charge < -0.3 is 10.3 Å². The zero-order valence-corrected chi connectivity index (χ0v) is 14.1. The van der Waals surface area contributed by atoms with Gasteiger partial charge in [0.1, 0.15) is 6.33 Å². The molecule has 3 aromatic carbocycles. The maximum Gasteiger partial charge on any atom is 0.333 e. The van der Waals surface area contributed by atoms with Crippen LogP contribution in [0.15, 0.2) is 77.9 Å². The monoisotopic (exact) mass is 354 g/mol. The molecule has 2 heterocycles. The second-order valence-corrected chi connectivity index (χ2v) is 6.08. The zero-order valence-electron chi connectivity index (χ0n) is 14.1. The van der Waals surface area contributed by atoms with E-state index in [1.165, 1.54) is 10.9 Å². The number of hydrogen-bond donors (Lipinski definition) is 2. The Labute approximate surface area is 153 Å². The Bertz CT molecular complexity index is 1340. The van der Waals surface area contributed by atoms with Crippen LogP contribution in [0, 0.1) is 0 Å². The normalized spacial score (nSPS) is 11.1. The number of H-pyrrole nitrogens is 1. The number of fused-ring (bicyclic) bond motifs is 2. The molecule has 0 bridgehead atoms. The lowest BCUT2D eigenvalue weighted by Crippen LogP contribution is -2.18. The van der Waals surface area contributed by atoms with Crippen LogP contribution < -0.4 is 11.0 Å². The number of hydrogen-bond acceptors (Lipinski definition) is 5. The van der Waals surface area contributed by atoms with Gasteiger partial charge >= 0.3 is 5.69 Å². The Morgan fingerprint density at radius 2 is 1.70 bits per heavy atom. The molecule has 0 saturated heterocycles. The molecule has 2 N–H and O–H groups in total. The zero-order chi connectivity index (χ0) is 18.2. The van der Waals surface area contributed by atoms with Gasteiger partial charge in [0.05, 0.1) is 11.0 Å². The van der Waals surface area contributed by atoms with Gasteiger partial charge in [-0.05, 0) is 35.0 Å². The lowest BCUT2D eigenvalue weighted by molar-refractivity contribution is 0.886. The molecule has 0 aliphatic heterocycles. The Kier molecular flexibility index (Phi) is 3.43. The highest BCUT2D eigenvalue weighted by atomic mass is 16.1. The maximum absolute atomic E-state index is 12.3. The number of anilines is 2. The van der Waals surface area contributed by atoms with Gasteiger partial charge in [-0.15, -0.1) is 0 Å². The molecule has 0 fully saturated rings. The first-order chi connectivity index (χ1) is 13.3. The van der Waals surface area contributed by atoms with Crippen LogP contribution in [0.2, 0.25) is 0 Å². The molecule has 0 spiro atoms. The lowest BCUT2D eigenvalue weighted by atomic mass is 10.1. The lowest BCUT2D eigenvalue weighted by Gasteiger charge is -2.07.